The molecule has 6 heteroatoms. The first-order valence-corrected chi connectivity index (χ1v) is 7.46. The van der Waals surface area contributed by atoms with Crippen LogP contribution in [0.1, 0.15) is 4.88 Å². The van der Waals surface area contributed by atoms with Crippen LogP contribution in [0.4, 0.5) is 0 Å². The molecule has 0 fully saturated rings. The Morgan fingerprint density at radius 2 is 2.00 bits per heavy atom. The van der Waals surface area contributed by atoms with Crippen LogP contribution in [0.3, 0.4) is 0 Å². The van der Waals surface area contributed by atoms with Gasteiger partial charge >= 0.3 is 0 Å². The lowest BCUT2D eigenvalue weighted by molar-refractivity contribution is 0.322. The summed E-state index contributed by atoms with van der Waals surface area (Å²) in [5.41, 5.74) is 5.78. The van der Waals surface area contributed by atoms with E-state index in [0.717, 1.165) is 12.2 Å². The first kappa shape index (κ1) is 17.8. The minimum Gasteiger partial charge on any atom is -0.492 e. The summed E-state index contributed by atoms with van der Waals surface area (Å²) in [5, 5.41) is 5.11. The molecular formula is C15H20IN3OS. The highest BCUT2D eigenvalue weighted by atomic mass is 127. The van der Waals surface area contributed by atoms with E-state index >= 15 is 0 Å². The van der Waals surface area contributed by atoms with Gasteiger partial charge in [-0.3, -0.25) is 4.99 Å². The largest absolute Gasteiger partial charge is 0.492 e. The lowest BCUT2D eigenvalue weighted by Gasteiger charge is -2.07. The van der Waals surface area contributed by atoms with Crippen LogP contribution in [0.15, 0.2) is 52.8 Å². The molecule has 0 amide bonds. The first-order chi connectivity index (χ1) is 9.84. The lowest BCUT2D eigenvalue weighted by atomic mass is 10.3. The van der Waals surface area contributed by atoms with Gasteiger partial charge in [0, 0.05) is 17.8 Å². The molecule has 0 aliphatic rings. The average Bonchev–Trinajstić information content (AvgIpc) is 2.98. The van der Waals surface area contributed by atoms with Gasteiger partial charge in [-0.1, -0.05) is 24.3 Å². The number of hydrogen-bond acceptors (Lipinski definition) is 3. The fourth-order valence-electron chi connectivity index (χ4n) is 1.66. The maximum Gasteiger partial charge on any atom is 0.188 e. The van der Waals surface area contributed by atoms with Crippen molar-refractivity contribution in [3.63, 3.8) is 0 Å². The van der Waals surface area contributed by atoms with Crippen molar-refractivity contribution in [1.29, 1.82) is 0 Å². The number of ether oxygens (including phenoxy) is 1. The third-order valence-corrected chi connectivity index (χ3v) is 3.58. The monoisotopic (exact) mass is 417 g/mol. The Morgan fingerprint density at radius 3 is 2.71 bits per heavy atom. The number of benzene rings is 1. The second kappa shape index (κ2) is 10.4. The van der Waals surface area contributed by atoms with Crippen molar-refractivity contribution in [2.45, 2.75) is 6.42 Å². The Morgan fingerprint density at radius 1 is 1.19 bits per heavy atom. The molecule has 0 saturated carbocycles. The topological polar surface area (TPSA) is 59.6 Å². The number of halogens is 1. The lowest BCUT2D eigenvalue weighted by Crippen LogP contribution is -2.34. The third kappa shape index (κ3) is 7.33. The Balaban J connectivity index is 0.00000220. The highest BCUT2D eigenvalue weighted by molar-refractivity contribution is 14.0. The smallest absolute Gasteiger partial charge is 0.188 e. The number of rotatable bonds is 7. The van der Waals surface area contributed by atoms with Crippen molar-refractivity contribution >= 4 is 41.3 Å². The van der Waals surface area contributed by atoms with E-state index in [0.29, 0.717) is 25.7 Å². The molecular weight excluding hydrogens is 397 g/mol. The average molecular weight is 417 g/mol. The molecule has 4 nitrogen and oxygen atoms in total. The van der Waals surface area contributed by atoms with Crippen LogP contribution in [0, 0.1) is 0 Å². The SMILES string of the molecule is I.NC(=NCCc1cccs1)NCCOc1ccccc1. The predicted molar refractivity (Wildman–Crippen MR) is 99.9 cm³/mol. The van der Waals surface area contributed by atoms with Gasteiger partial charge in [0.25, 0.3) is 0 Å². The van der Waals surface area contributed by atoms with Crippen LogP contribution < -0.4 is 15.8 Å². The number of hydrogen-bond donors (Lipinski definition) is 2. The minimum atomic E-state index is 0. The van der Waals surface area contributed by atoms with Crippen molar-refractivity contribution in [1.82, 2.24) is 5.32 Å². The van der Waals surface area contributed by atoms with Gasteiger partial charge in [-0.2, -0.15) is 0 Å². The fraction of sp³-hybridized carbons (Fsp3) is 0.267. The number of nitrogens with two attached hydrogens (primary N) is 1. The van der Waals surface area contributed by atoms with Gasteiger partial charge in [-0.05, 0) is 23.6 Å². The molecule has 0 radical (unpaired) electrons. The van der Waals surface area contributed by atoms with E-state index in [2.05, 4.69) is 21.8 Å². The Labute approximate surface area is 146 Å². The molecule has 0 bridgehead atoms. The molecule has 3 N–H and O–H groups in total. The highest BCUT2D eigenvalue weighted by Gasteiger charge is 1.95. The van der Waals surface area contributed by atoms with Crippen LogP contribution in [-0.2, 0) is 6.42 Å². The van der Waals surface area contributed by atoms with E-state index in [4.69, 9.17) is 10.5 Å². The molecule has 1 aromatic carbocycles. The van der Waals surface area contributed by atoms with Crippen LogP contribution >= 0.6 is 35.3 Å². The van der Waals surface area contributed by atoms with Crippen LogP contribution in [0.2, 0.25) is 0 Å². The molecule has 0 aliphatic heterocycles. The molecule has 2 aromatic rings. The van der Waals surface area contributed by atoms with Crippen molar-refractivity contribution in [3.8, 4) is 5.75 Å². The zero-order valence-electron chi connectivity index (χ0n) is 11.7. The molecule has 0 spiro atoms. The van der Waals surface area contributed by atoms with Crippen molar-refractivity contribution in [3.05, 3.63) is 52.7 Å². The molecule has 1 aromatic heterocycles. The molecule has 0 atom stereocenters. The zero-order chi connectivity index (χ0) is 14.0. The van der Waals surface area contributed by atoms with Crippen molar-refractivity contribution < 1.29 is 4.74 Å². The van der Waals surface area contributed by atoms with Gasteiger partial charge in [0.2, 0.25) is 0 Å². The molecule has 21 heavy (non-hydrogen) atoms. The minimum absolute atomic E-state index is 0. The Bertz CT molecular complexity index is 517. The summed E-state index contributed by atoms with van der Waals surface area (Å²) in [6.45, 7) is 1.91. The maximum absolute atomic E-state index is 5.78. The van der Waals surface area contributed by atoms with E-state index < -0.39 is 0 Å². The van der Waals surface area contributed by atoms with Crippen molar-refractivity contribution in [2.75, 3.05) is 19.7 Å². The number of guanidine groups is 1. The van der Waals surface area contributed by atoms with E-state index in [1.807, 2.05) is 36.4 Å². The number of nitrogens with zero attached hydrogens (tertiary/aromatic N) is 1. The van der Waals surface area contributed by atoms with Gasteiger partial charge in [0.1, 0.15) is 12.4 Å². The van der Waals surface area contributed by atoms with Gasteiger partial charge in [-0.15, -0.1) is 35.3 Å². The summed E-state index contributed by atoms with van der Waals surface area (Å²) in [4.78, 5) is 5.61. The predicted octanol–water partition coefficient (Wildman–Crippen LogP) is 2.89. The summed E-state index contributed by atoms with van der Waals surface area (Å²) in [6.07, 6.45) is 0.931. The normalized spacial score (nSPS) is 10.8. The molecule has 1 heterocycles. The van der Waals surface area contributed by atoms with Crippen LogP contribution in [0.25, 0.3) is 0 Å². The standard InChI is InChI=1S/C15H19N3OS.HI/c16-15(17-9-8-14-7-4-12-20-14)18-10-11-19-13-5-2-1-3-6-13;/h1-7,12H,8-11H2,(H3,16,17,18);1H. The van der Waals surface area contributed by atoms with E-state index in [1.54, 1.807) is 11.3 Å². The van der Waals surface area contributed by atoms with E-state index in [1.165, 1.54) is 4.88 Å². The summed E-state index contributed by atoms with van der Waals surface area (Å²) in [6, 6.07) is 13.9. The second-order valence-electron chi connectivity index (χ2n) is 4.18. The molecule has 0 unspecified atom stereocenters. The number of aliphatic imine (C=N–C) groups is 1. The van der Waals surface area contributed by atoms with Crippen LogP contribution in [0.5, 0.6) is 5.75 Å². The maximum atomic E-state index is 5.78. The van der Waals surface area contributed by atoms with Crippen molar-refractivity contribution in [2.24, 2.45) is 10.7 Å². The second-order valence-corrected chi connectivity index (χ2v) is 5.22. The molecule has 114 valence electrons. The van der Waals surface area contributed by atoms with E-state index in [-0.39, 0.29) is 24.0 Å². The van der Waals surface area contributed by atoms with Gasteiger partial charge in [-0.25, -0.2) is 0 Å². The molecule has 0 aliphatic carbocycles. The summed E-state index contributed by atoms with van der Waals surface area (Å²) in [5.74, 6) is 1.33. The van der Waals surface area contributed by atoms with Gasteiger partial charge in [0.15, 0.2) is 5.96 Å². The highest BCUT2D eigenvalue weighted by Crippen LogP contribution is 2.08. The third-order valence-electron chi connectivity index (χ3n) is 2.64. The summed E-state index contributed by atoms with van der Waals surface area (Å²) >= 11 is 1.74. The number of nitrogens with one attached hydrogen (secondary N) is 1. The number of para-hydroxylation sites is 1. The number of thiophene rings is 1. The fourth-order valence-corrected chi connectivity index (χ4v) is 2.36. The van der Waals surface area contributed by atoms with E-state index in [9.17, 15) is 0 Å². The Kier molecular flexibility index (Phi) is 8.84. The quantitative estimate of drug-likeness (QED) is 0.315. The Hall–Kier alpha value is -1.28. The summed E-state index contributed by atoms with van der Waals surface area (Å²) in [7, 11) is 0. The van der Waals surface area contributed by atoms with Crippen LogP contribution in [-0.4, -0.2) is 25.7 Å². The van der Waals surface area contributed by atoms with Gasteiger partial charge < -0.3 is 15.8 Å². The molecule has 0 saturated heterocycles. The summed E-state index contributed by atoms with van der Waals surface area (Å²) < 4.78 is 5.55. The van der Waals surface area contributed by atoms with Gasteiger partial charge in [0.05, 0.1) is 6.54 Å². The molecule has 2 rings (SSSR count). The first-order valence-electron chi connectivity index (χ1n) is 6.58. The zero-order valence-corrected chi connectivity index (χ0v) is 14.8.